The number of hydrazine groups is 2. The van der Waals surface area contributed by atoms with Gasteiger partial charge in [0.15, 0.2) is 0 Å². The topological polar surface area (TPSA) is 74.7 Å². The van der Waals surface area contributed by atoms with Gasteiger partial charge in [-0.1, -0.05) is 18.2 Å². The van der Waals surface area contributed by atoms with Gasteiger partial charge in [0.1, 0.15) is 34.9 Å². The lowest BCUT2D eigenvalue weighted by molar-refractivity contribution is 0.297. The standard InChI is InChI=1S/C16H16FN7/c1-22-7-13(19-9-22)15-16-14(8-23(18)10-20-16)24(21-15)6-11-4-2-3-5-12(11)17/h2-5,7-10,21H,6,18H2,1H3. The summed E-state index contributed by atoms with van der Waals surface area (Å²) in [5, 5.41) is 3.18. The van der Waals surface area contributed by atoms with E-state index in [2.05, 4.69) is 15.4 Å². The van der Waals surface area contributed by atoms with Crippen molar-refractivity contribution in [2.45, 2.75) is 6.54 Å². The Labute approximate surface area is 138 Å². The van der Waals surface area contributed by atoms with E-state index >= 15 is 0 Å². The third kappa shape index (κ3) is 2.42. The molecule has 2 aliphatic heterocycles. The molecule has 7 nitrogen and oxygen atoms in total. The molecular formula is C16H16FN7. The summed E-state index contributed by atoms with van der Waals surface area (Å²) in [6, 6.07) is 6.68. The van der Waals surface area contributed by atoms with Gasteiger partial charge in [0, 0.05) is 25.0 Å². The lowest BCUT2D eigenvalue weighted by Gasteiger charge is -2.24. The second-order valence-electron chi connectivity index (χ2n) is 5.64. The van der Waals surface area contributed by atoms with Crippen LogP contribution >= 0.6 is 0 Å². The summed E-state index contributed by atoms with van der Waals surface area (Å²) in [6.45, 7) is 0.335. The molecule has 122 valence electrons. The molecule has 1 aromatic heterocycles. The van der Waals surface area contributed by atoms with E-state index in [4.69, 9.17) is 5.84 Å². The van der Waals surface area contributed by atoms with Gasteiger partial charge in [0.2, 0.25) is 0 Å². The highest BCUT2D eigenvalue weighted by Gasteiger charge is 2.31. The van der Waals surface area contributed by atoms with E-state index in [1.807, 2.05) is 28.9 Å². The van der Waals surface area contributed by atoms with Crippen molar-refractivity contribution >= 4 is 12.0 Å². The first-order valence-electron chi connectivity index (χ1n) is 7.41. The lowest BCUT2D eigenvalue weighted by atomic mass is 10.2. The smallest absolute Gasteiger partial charge is 0.128 e. The number of nitrogens with zero attached hydrogens (tertiary/aromatic N) is 5. The Kier molecular flexibility index (Phi) is 3.31. The minimum Gasteiger partial charge on any atom is -0.340 e. The van der Waals surface area contributed by atoms with E-state index in [0.29, 0.717) is 12.1 Å². The van der Waals surface area contributed by atoms with Crippen molar-refractivity contribution in [1.82, 2.24) is 25.0 Å². The van der Waals surface area contributed by atoms with Crippen LogP contribution in [0.2, 0.25) is 0 Å². The van der Waals surface area contributed by atoms with E-state index in [9.17, 15) is 4.39 Å². The minimum atomic E-state index is -0.253. The predicted molar refractivity (Wildman–Crippen MR) is 87.8 cm³/mol. The van der Waals surface area contributed by atoms with Gasteiger partial charge in [-0.3, -0.25) is 15.4 Å². The number of nitrogens with two attached hydrogens (primary N) is 1. The quantitative estimate of drug-likeness (QED) is 0.832. The van der Waals surface area contributed by atoms with Gasteiger partial charge < -0.3 is 4.57 Å². The average molecular weight is 325 g/mol. The monoisotopic (exact) mass is 325 g/mol. The molecule has 2 aliphatic rings. The van der Waals surface area contributed by atoms with Crippen molar-refractivity contribution in [3.8, 4) is 0 Å². The maximum absolute atomic E-state index is 14.0. The number of aryl methyl sites for hydroxylation is 1. The zero-order chi connectivity index (χ0) is 16.7. The third-order valence-corrected chi connectivity index (χ3v) is 3.86. The van der Waals surface area contributed by atoms with Crippen LogP contribution in [-0.2, 0) is 13.6 Å². The highest BCUT2D eigenvalue weighted by atomic mass is 19.1. The number of hydrogen-bond donors (Lipinski definition) is 2. The molecule has 1 aromatic carbocycles. The maximum atomic E-state index is 14.0. The van der Waals surface area contributed by atoms with Crippen molar-refractivity contribution in [1.29, 1.82) is 0 Å². The molecule has 4 rings (SSSR count). The fraction of sp³-hybridized carbons (Fsp3) is 0.125. The Bertz CT molecular complexity index is 880. The molecule has 2 aromatic rings. The molecule has 0 spiro atoms. The lowest BCUT2D eigenvalue weighted by Crippen LogP contribution is -2.33. The van der Waals surface area contributed by atoms with Gasteiger partial charge in [-0.15, -0.1) is 0 Å². The minimum absolute atomic E-state index is 0.253. The molecular weight excluding hydrogens is 309 g/mol. The van der Waals surface area contributed by atoms with Crippen LogP contribution in [0.15, 0.2) is 59.4 Å². The van der Waals surface area contributed by atoms with E-state index in [0.717, 1.165) is 22.8 Å². The number of nitrogens with one attached hydrogen (secondary N) is 1. The molecule has 0 fully saturated rings. The van der Waals surface area contributed by atoms with Gasteiger partial charge in [0.05, 0.1) is 12.9 Å². The summed E-state index contributed by atoms with van der Waals surface area (Å²) >= 11 is 0. The molecule has 0 radical (unpaired) electrons. The first-order chi connectivity index (χ1) is 11.6. The molecule has 24 heavy (non-hydrogen) atoms. The molecule has 3 N–H and O–H groups in total. The molecule has 0 atom stereocenters. The zero-order valence-electron chi connectivity index (χ0n) is 13.0. The van der Waals surface area contributed by atoms with Crippen LogP contribution in [0.4, 0.5) is 4.39 Å². The average Bonchev–Trinajstić information content (AvgIpc) is 3.13. The number of aromatic nitrogens is 2. The molecule has 0 saturated heterocycles. The van der Waals surface area contributed by atoms with E-state index < -0.39 is 0 Å². The third-order valence-electron chi connectivity index (χ3n) is 3.86. The molecule has 0 bridgehead atoms. The van der Waals surface area contributed by atoms with Gasteiger partial charge in [-0.25, -0.2) is 20.2 Å². The molecule has 0 unspecified atom stereocenters. The summed E-state index contributed by atoms with van der Waals surface area (Å²) in [5.41, 5.74) is 6.86. The van der Waals surface area contributed by atoms with Crippen LogP contribution in [0.25, 0.3) is 5.70 Å². The van der Waals surface area contributed by atoms with Crippen molar-refractivity contribution in [2.24, 2.45) is 17.9 Å². The fourth-order valence-corrected chi connectivity index (χ4v) is 2.71. The van der Waals surface area contributed by atoms with Crippen LogP contribution in [0.1, 0.15) is 11.3 Å². The normalized spacial score (nSPS) is 16.4. The molecule has 8 heteroatoms. The van der Waals surface area contributed by atoms with Crippen LogP contribution in [0, 0.1) is 5.82 Å². The Hall–Kier alpha value is -3.13. The molecule has 0 amide bonds. The zero-order valence-corrected chi connectivity index (χ0v) is 13.0. The largest absolute Gasteiger partial charge is 0.340 e. The van der Waals surface area contributed by atoms with E-state index in [-0.39, 0.29) is 5.82 Å². The second-order valence-corrected chi connectivity index (χ2v) is 5.64. The fourth-order valence-electron chi connectivity index (χ4n) is 2.71. The number of benzene rings is 1. The Morgan fingerprint density at radius 2 is 2.12 bits per heavy atom. The molecule has 3 heterocycles. The van der Waals surface area contributed by atoms with Gasteiger partial charge in [0.25, 0.3) is 0 Å². The van der Waals surface area contributed by atoms with Gasteiger partial charge in [-0.05, 0) is 6.07 Å². The highest BCUT2D eigenvalue weighted by Crippen LogP contribution is 2.33. The summed E-state index contributed by atoms with van der Waals surface area (Å²) in [7, 11) is 1.90. The number of hydrogen-bond acceptors (Lipinski definition) is 6. The van der Waals surface area contributed by atoms with Crippen LogP contribution < -0.4 is 11.3 Å². The number of halogens is 1. The Morgan fingerprint density at radius 3 is 2.88 bits per heavy atom. The van der Waals surface area contributed by atoms with Crippen molar-refractivity contribution in [3.05, 3.63) is 71.5 Å². The molecule has 0 aliphatic carbocycles. The van der Waals surface area contributed by atoms with Gasteiger partial charge >= 0.3 is 0 Å². The second kappa shape index (κ2) is 5.50. The van der Waals surface area contributed by atoms with E-state index in [1.54, 1.807) is 24.7 Å². The van der Waals surface area contributed by atoms with Crippen LogP contribution in [-0.4, -0.2) is 25.9 Å². The summed E-state index contributed by atoms with van der Waals surface area (Å²) in [4.78, 5) is 8.76. The summed E-state index contributed by atoms with van der Waals surface area (Å²) in [5.74, 6) is 5.55. The number of aliphatic imine (C=N–C) groups is 1. The summed E-state index contributed by atoms with van der Waals surface area (Å²) < 4.78 is 15.9. The Morgan fingerprint density at radius 1 is 1.29 bits per heavy atom. The maximum Gasteiger partial charge on any atom is 0.128 e. The van der Waals surface area contributed by atoms with Crippen LogP contribution in [0.3, 0.4) is 0 Å². The van der Waals surface area contributed by atoms with Crippen molar-refractivity contribution in [2.75, 3.05) is 0 Å². The Balaban J connectivity index is 1.70. The number of imidazole rings is 1. The predicted octanol–water partition coefficient (Wildman–Crippen LogP) is 1.31. The number of fused-ring (bicyclic) bond motifs is 1. The molecule has 0 saturated carbocycles. The van der Waals surface area contributed by atoms with E-state index in [1.165, 1.54) is 17.4 Å². The SMILES string of the molecule is Cn1cnc(C2=C3N=CN(N)C=C3N(Cc3ccccc3F)N2)c1. The van der Waals surface area contributed by atoms with Gasteiger partial charge in [-0.2, -0.15) is 0 Å². The van der Waals surface area contributed by atoms with Crippen molar-refractivity contribution in [3.63, 3.8) is 0 Å². The highest BCUT2D eigenvalue weighted by molar-refractivity contribution is 5.76. The summed E-state index contributed by atoms with van der Waals surface area (Å²) in [6.07, 6.45) is 6.88. The van der Waals surface area contributed by atoms with Crippen molar-refractivity contribution < 1.29 is 4.39 Å². The number of rotatable bonds is 3. The van der Waals surface area contributed by atoms with Crippen LogP contribution in [0.5, 0.6) is 0 Å². The first-order valence-corrected chi connectivity index (χ1v) is 7.41. The first kappa shape index (κ1) is 14.5.